The zero-order valence-electron chi connectivity index (χ0n) is 10.2. The number of halogens is 1. The molecule has 0 radical (unpaired) electrons. The standard InChI is InChI=1S/C13H11ClN2O4/c14-9-1-3-10(4-2-9)16-7-8(6-15-16)5-11(12(17)18)13(19)20/h1-4,6-7,11H,5H2,(H,17,18)(H,19,20). The number of hydrogen-bond acceptors (Lipinski definition) is 3. The number of carboxylic acids is 2. The minimum Gasteiger partial charge on any atom is -0.481 e. The lowest BCUT2D eigenvalue weighted by Crippen LogP contribution is -2.25. The first kappa shape index (κ1) is 14.1. The molecule has 0 saturated heterocycles. The summed E-state index contributed by atoms with van der Waals surface area (Å²) in [5.41, 5.74) is 1.29. The van der Waals surface area contributed by atoms with Crippen LogP contribution in [0.2, 0.25) is 5.02 Å². The van der Waals surface area contributed by atoms with Gasteiger partial charge in [-0.1, -0.05) is 11.6 Å². The van der Waals surface area contributed by atoms with Crippen LogP contribution in [0.25, 0.3) is 5.69 Å². The highest BCUT2D eigenvalue weighted by Gasteiger charge is 2.26. The molecule has 1 heterocycles. The summed E-state index contributed by atoms with van der Waals surface area (Å²) in [6.45, 7) is 0. The fourth-order valence-electron chi connectivity index (χ4n) is 1.72. The summed E-state index contributed by atoms with van der Waals surface area (Å²) in [4.78, 5) is 21.7. The summed E-state index contributed by atoms with van der Waals surface area (Å²) in [6.07, 6.45) is 2.94. The van der Waals surface area contributed by atoms with Gasteiger partial charge in [0.1, 0.15) is 0 Å². The highest BCUT2D eigenvalue weighted by Crippen LogP contribution is 2.15. The lowest BCUT2D eigenvalue weighted by Gasteiger charge is -2.04. The van der Waals surface area contributed by atoms with Gasteiger partial charge in [0, 0.05) is 11.2 Å². The smallest absolute Gasteiger partial charge is 0.318 e. The molecule has 2 aromatic rings. The van der Waals surface area contributed by atoms with E-state index < -0.39 is 17.9 Å². The Balaban J connectivity index is 2.18. The van der Waals surface area contributed by atoms with Crippen LogP contribution in [0.3, 0.4) is 0 Å². The molecule has 6 nitrogen and oxygen atoms in total. The molecule has 7 heteroatoms. The maximum absolute atomic E-state index is 10.8. The van der Waals surface area contributed by atoms with E-state index in [9.17, 15) is 9.59 Å². The Kier molecular flexibility index (Phi) is 4.05. The molecule has 0 spiro atoms. The van der Waals surface area contributed by atoms with Crippen molar-refractivity contribution in [3.63, 3.8) is 0 Å². The number of aromatic nitrogens is 2. The van der Waals surface area contributed by atoms with Gasteiger partial charge in [0.15, 0.2) is 5.92 Å². The molecular formula is C13H11ClN2O4. The molecule has 1 aromatic heterocycles. The summed E-state index contributed by atoms with van der Waals surface area (Å²) < 4.78 is 1.53. The lowest BCUT2D eigenvalue weighted by atomic mass is 10.0. The van der Waals surface area contributed by atoms with Gasteiger partial charge in [-0.15, -0.1) is 0 Å². The van der Waals surface area contributed by atoms with Crippen molar-refractivity contribution in [1.29, 1.82) is 0 Å². The first-order valence-electron chi connectivity index (χ1n) is 5.72. The fraction of sp³-hybridized carbons (Fsp3) is 0.154. The molecule has 0 atom stereocenters. The van der Waals surface area contributed by atoms with Crippen LogP contribution in [0.1, 0.15) is 5.56 Å². The van der Waals surface area contributed by atoms with Crippen molar-refractivity contribution in [1.82, 2.24) is 9.78 Å². The highest BCUT2D eigenvalue weighted by molar-refractivity contribution is 6.30. The van der Waals surface area contributed by atoms with Gasteiger partial charge in [-0.2, -0.15) is 5.10 Å². The molecule has 104 valence electrons. The van der Waals surface area contributed by atoms with Crippen molar-refractivity contribution in [2.45, 2.75) is 6.42 Å². The second-order valence-electron chi connectivity index (χ2n) is 4.20. The Labute approximate surface area is 119 Å². The molecule has 0 fully saturated rings. The molecule has 0 aliphatic heterocycles. The second-order valence-corrected chi connectivity index (χ2v) is 4.64. The molecule has 2 rings (SSSR count). The number of rotatable bonds is 5. The fourth-order valence-corrected chi connectivity index (χ4v) is 1.84. The number of carbonyl (C=O) groups is 2. The predicted octanol–water partition coefficient (Wildman–Crippen LogP) is 1.85. The summed E-state index contributed by atoms with van der Waals surface area (Å²) in [7, 11) is 0. The predicted molar refractivity (Wildman–Crippen MR) is 71.0 cm³/mol. The van der Waals surface area contributed by atoms with Gasteiger partial charge in [-0.05, 0) is 36.2 Å². The van der Waals surface area contributed by atoms with Crippen LogP contribution in [0.5, 0.6) is 0 Å². The van der Waals surface area contributed by atoms with Gasteiger partial charge < -0.3 is 10.2 Å². The molecule has 0 aliphatic rings. The van der Waals surface area contributed by atoms with E-state index in [4.69, 9.17) is 21.8 Å². The van der Waals surface area contributed by atoms with E-state index in [2.05, 4.69) is 5.10 Å². The molecule has 0 bridgehead atoms. The van der Waals surface area contributed by atoms with Crippen LogP contribution in [0.15, 0.2) is 36.7 Å². The monoisotopic (exact) mass is 294 g/mol. The zero-order valence-corrected chi connectivity index (χ0v) is 11.0. The number of nitrogens with zero attached hydrogens (tertiary/aromatic N) is 2. The highest BCUT2D eigenvalue weighted by atomic mass is 35.5. The van der Waals surface area contributed by atoms with Crippen molar-refractivity contribution in [3.8, 4) is 5.69 Å². The molecule has 0 unspecified atom stereocenters. The van der Waals surface area contributed by atoms with Crippen molar-refractivity contribution >= 4 is 23.5 Å². The third kappa shape index (κ3) is 3.16. The molecule has 0 aliphatic carbocycles. The van der Waals surface area contributed by atoms with Gasteiger partial charge >= 0.3 is 11.9 Å². The Morgan fingerprint density at radius 1 is 1.20 bits per heavy atom. The Morgan fingerprint density at radius 2 is 1.80 bits per heavy atom. The third-order valence-corrected chi connectivity index (χ3v) is 3.02. The number of carboxylic acid groups (broad SMARTS) is 2. The molecule has 2 N–H and O–H groups in total. The van der Waals surface area contributed by atoms with E-state index in [0.29, 0.717) is 10.6 Å². The van der Waals surface area contributed by atoms with Crippen molar-refractivity contribution < 1.29 is 19.8 Å². The maximum atomic E-state index is 10.8. The van der Waals surface area contributed by atoms with Gasteiger partial charge in [-0.3, -0.25) is 9.59 Å². The van der Waals surface area contributed by atoms with Gasteiger partial charge in [0.05, 0.1) is 11.9 Å². The Bertz CT molecular complexity index is 622. The SMILES string of the molecule is O=C(O)C(Cc1cnn(-c2ccc(Cl)cc2)c1)C(=O)O. The molecule has 0 saturated carbocycles. The van der Waals surface area contributed by atoms with E-state index in [1.54, 1.807) is 30.5 Å². The van der Waals surface area contributed by atoms with Crippen LogP contribution in [0.4, 0.5) is 0 Å². The van der Waals surface area contributed by atoms with Gasteiger partial charge in [-0.25, -0.2) is 4.68 Å². The average Bonchev–Trinajstić information content (AvgIpc) is 2.84. The molecule has 1 aromatic carbocycles. The van der Waals surface area contributed by atoms with Crippen molar-refractivity contribution in [3.05, 3.63) is 47.2 Å². The van der Waals surface area contributed by atoms with E-state index in [-0.39, 0.29) is 6.42 Å². The maximum Gasteiger partial charge on any atom is 0.318 e. The van der Waals surface area contributed by atoms with Crippen LogP contribution in [-0.2, 0) is 16.0 Å². The van der Waals surface area contributed by atoms with Gasteiger partial charge in [0.25, 0.3) is 0 Å². The topological polar surface area (TPSA) is 92.4 Å². The summed E-state index contributed by atoms with van der Waals surface area (Å²) in [5, 5.41) is 22.3. The Hall–Kier alpha value is -2.34. The Morgan fingerprint density at radius 3 is 2.35 bits per heavy atom. The number of benzene rings is 1. The van der Waals surface area contributed by atoms with Crippen molar-refractivity contribution in [2.75, 3.05) is 0 Å². The van der Waals surface area contributed by atoms with E-state index in [1.807, 2.05) is 0 Å². The van der Waals surface area contributed by atoms with Crippen LogP contribution in [-0.4, -0.2) is 31.9 Å². The first-order valence-corrected chi connectivity index (χ1v) is 6.10. The van der Waals surface area contributed by atoms with E-state index in [1.165, 1.54) is 10.9 Å². The molecular weight excluding hydrogens is 284 g/mol. The lowest BCUT2D eigenvalue weighted by molar-refractivity contribution is -0.154. The van der Waals surface area contributed by atoms with Crippen LogP contribution in [0, 0.1) is 5.92 Å². The minimum atomic E-state index is -1.47. The summed E-state index contributed by atoms with van der Waals surface area (Å²) in [5.74, 6) is -4.20. The second kappa shape index (κ2) is 5.75. The quantitative estimate of drug-likeness (QED) is 0.821. The van der Waals surface area contributed by atoms with Crippen molar-refractivity contribution in [2.24, 2.45) is 5.92 Å². The largest absolute Gasteiger partial charge is 0.481 e. The number of aliphatic carboxylic acids is 2. The van der Waals surface area contributed by atoms with Crippen LogP contribution < -0.4 is 0 Å². The zero-order chi connectivity index (χ0) is 14.7. The number of hydrogen-bond donors (Lipinski definition) is 2. The summed E-state index contributed by atoms with van der Waals surface area (Å²) >= 11 is 5.78. The molecule has 0 amide bonds. The molecule has 20 heavy (non-hydrogen) atoms. The normalized spacial score (nSPS) is 10.7. The van der Waals surface area contributed by atoms with Crippen LogP contribution >= 0.6 is 11.6 Å². The van der Waals surface area contributed by atoms with Gasteiger partial charge in [0.2, 0.25) is 0 Å². The summed E-state index contributed by atoms with van der Waals surface area (Å²) in [6, 6.07) is 6.92. The first-order chi connectivity index (χ1) is 9.47. The minimum absolute atomic E-state index is 0.113. The third-order valence-electron chi connectivity index (χ3n) is 2.76. The average molecular weight is 295 g/mol. The van der Waals surface area contributed by atoms with E-state index in [0.717, 1.165) is 5.69 Å². The van der Waals surface area contributed by atoms with E-state index >= 15 is 0 Å².